The Morgan fingerprint density at radius 3 is 2.33 bits per heavy atom. The first-order valence-corrected chi connectivity index (χ1v) is 10.2. The number of sulfonamides is 1. The molecule has 1 N–H and O–H groups in total. The van der Waals surface area contributed by atoms with Gasteiger partial charge in [0.2, 0.25) is 10.0 Å². The van der Waals surface area contributed by atoms with Crippen molar-refractivity contribution in [1.82, 2.24) is 5.32 Å². The van der Waals surface area contributed by atoms with E-state index in [1.165, 1.54) is 18.5 Å². The Balaban J connectivity index is 2.15. The van der Waals surface area contributed by atoms with Crippen LogP contribution in [0.15, 0.2) is 42.5 Å². The van der Waals surface area contributed by atoms with Crippen molar-refractivity contribution in [3.05, 3.63) is 53.6 Å². The number of benzene rings is 2. The van der Waals surface area contributed by atoms with Gasteiger partial charge in [-0.15, -0.1) is 0 Å². The number of carbonyl (C=O) groups is 1. The fourth-order valence-corrected chi connectivity index (χ4v) is 3.58. The van der Waals surface area contributed by atoms with Crippen LogP contribution in [0, 0.1) is 6.92 Å². The average molecular weight is 392 g/mol. The highest BCUT2D eigenvalue weighted by Gasteiger charge is 2.19. The maximum absolute atomic E-state index is 12.3. The van der Waals surface area contributed by atoms with Gasteiger partial charge in [-0.3, -0.25) is 9.10 Å². The largest absolute Gasteiger partial charge is 0.493 e. The molecule has 0 fully saturated rings. The second-order valence-electron chi connectivity index (χ2n) is 5.95. The highest BCUT2D eigenvalue weighted by Crippen LogP contribution is 2.32. The van der Waals surface area contributed by atoms with E-state index in [0.29, 0.717) is 22.7 Å². The number of amides is 1. The van der Waals surface area contributed by atoms with Gasteiger partial charge in [0.15, 0.2) is 11.5 Å². The molecule has 0 saturated carbocycles. The van der Waals surface area contributed by atoms with Gasteiger partial charge in [-0.2, -0.15) is 0 Å². The lowest BCUT2D eigenvalue weighted by atomic mass is 10.1. The van der Waals surface area contributed by atoms with Crippen LogP contribution >= 0.6 is 0 Å². The van der Waals surface area contributed by atoms with E-state index in [1.54, 1.807) is 30.3 Å². The fraction of sp³-hybridized carbons (Fsp3) is 0.316. The Morgan fingerprint density at radius 1 is 1.07 bits per heavy atom. The quantitative estimate of drug-likeness (QED) is 0.745. The molecule has 0 aliphatic heterocycles. The summed E-state index contributed by atoms with van der Waals surface area (Å²) in [7, 11) is -0.560. The summed E-state index contributed by atoms with van der Waals surface area (Å²) in [5.41, 5.74) is 1.85. The van der Waals surface area contributed by atoms with Crippen LogP contribution in [0.3, 0.4) is 0 Å². The van der Waals surface area contributed by atoms with Crippen LogP contribution in [0.5, 0.6) is 11.5 Å². The van der Waals surface area contributed by atoms with Crippen molar-refractivity contribution in [1.29, 1.82) is 0 Å². The predicted molar refractivity (Wildman–Crippen MR) is 105 cm³/mol. The first-order valence-electron chi connectivity index (χ1n) is 8.31. The van der Waals surface area contributed by atoms with E-state index in [1.807, 2.05) is 19.1 Å². The van der Waals surface area contributed by atoms with Gasteiger partial charge < -0.3 is 14.8 Å². The van der Waals surface area contributed by atoms with Crippen molar-refractivity contribution >= 4 is 21.6 Å². The minimum atomic E-state index is -3.55. The third-order valence-electron chi connectivity index (χ3n) is 4.05. The number of carbonyl (C=O) groups excluding carboxylic acids is 1. The van der Waals surface area contributed by atoms with E-state index in [2.05, 4.69) is 5.32 Å². The molecule has 7 nitrogen and oxygen atoms in total. The summed E-state index contributed by atoms with van der Waals surface area (Å²) in [6, 6.07) is 12.1. The van der Waals surface area contributed by atoms with E-state index in [9.17, 15) is 13.2 Å². The Hall–Kier alpha value is -2.74. The highest BCUT2D eigenvalue weighted by molar-refractivity contribution is 7.92. The molecule has 0 aliphatic carbocycles. The molecule has 0 atom stereocenters. The van der Waals surface area contributed by atoms with Crippen molar-refractivity contribution < 1.29 is 22.7 Å². The number of anilines is 1. The Bertz CT molecular complexity index is 912. The number of methoxy groups -OCH3 is 2. The molecular weight excluding hydrogens is 368 g/mol. The van der Waals surface area contributed by atoms with Crippen molar-refractivity contribution in [2.75, 3.05) is 37.9 Å². The highest BCUT2D eigenvalue weighted by atomic mass is 32.2. The normalized spacial score (nSPS) is 11.0. The van der Waals surface area contributed by atoms with E-state index in [4.69, 9.17) is 9.47 Å². The Labute approximate surface area is 160 Å². The monoisotopic (exact) mass is 392 g/mol. The number of hydrogen-bond donors (Lipinski definition) is 1. The molecule has 0 heterocycles. The third-order valence-corrected chi connectivity index (χ3v) is 5.24. The molecule has 0 saturated heterocycles. The zero-order chi connectivity index (χ0) is 20.0. The summed E-state index contributed by atoms with van der Waals surface area (Å²) in [6.07, 6.45) is 1.12. The number of nitrogens with one attached hydrogen (secondary N) is 1. The van der Waals surface area contributed by atoms with Gasteiger partial charge in [0.25, 0.3) is 5.91 Å². The molecule has 2 aromatic carbocycles. The van der Waals surface area contributed by atoms with Crippen LogP contribution in [0.4, 0.5) is 5.69 Å². The molecule has 2 aromatic rings. The zero-order valence-corrected chi connectivity index (χ0v) is 16.7. The molecule has 27 heavy (non-hydrogen) atoms. The minimum absolute atomic E-state index is 0.0892. The van der Waals surface area contributed by atoms with Crippen LogP contribution < -0.4 is 19.1 Å². The van der Waals surface area contributed by atoms with E-state index in [-0.39, 0.29) is 19.0 Å². The lowest BCUT2D eigenvalue weighted by Crippen LogP contribution is -2.38. The van der Waals surface area contributed by atoms with Crippen molar-refractivity contribution in [2.45, 2.75) is 6.92 Å². The van der Waals surface area contributed by atoms with Gasteiger partial charge >= 0.3 is 0 Å². The minimum Gasteiger partial charge on any atom is -0.493 e. The van der Waals surface area contributed by atoms with Gasteiger partial charge in [-0.1, -0.05) is 18.2 Å². The summed E-state index contributed by atoms with van der Waals surface area (Å²) in [5.74, 6) is 0.684. The van der Waals surface area contributed by atoms with Crippen molar-refractivity contribution in [3.63, 3.8) is 0 Å². The maximum Gasteiger partial charge on any atom is 0.251 e. The van der Waals surface area contributed by atoms with Crippen LogP contribution in [-0.4, -0.2) is 47.9 Å². The summed E-state index contributed by atoms with van der Waals surface area (Å²) in [5, 5.41) is 2.76. The molecular formula is C19H24N2O5S. The third kappa shape index (κ3) is 5.13. The Kier molecular flexibility index (Phi) is 6.68. The standard InChI is InChI=1S/C19H24N2O5S/c1-14-7-5-6-8-16(14)19(22)20-11-12-21(27(4,23)24)15-9-10-17(25-2)18(13-15)26-3/h5-10,13H,11-12H2,1-4H3,(H,20,22). The van der Waals surface area contributed by atoms with E-state index in [0.717, 1.165) is 11.8 Å². The van der Waals surface area contributed by atoms with Gasteiger partial charge in [0, 0.05) is 18.2 Å². The molecule has 8 heteroatoms. The molecule has 0 aliphatic rings. The first-order chi connectivity index (χ1) is 12.8. The molecule has 0 bridgehead atoms. The van der Waals surface area contributed by atoms with Crippen LogP contribution in [0.1, 0.15) is 15.9 Å². The van der Waals surface area contributed by atoms with Crippen LogP contribution in [0.25, 0.3) is 0 Å². The fourth-order valence-electron chi connectivity index (χ4n) is 2.66. The van der Waals surface area contributed by atoms with Gasteiger partial charge in [0.05, 0.1) is 32.7 Å². The summed E-state index contributed by atoms with van der Waals surface area (Å²) >= 11 is 0. The summed E-state index contributed by atoms with van der Waals surface area (Å²) in [4.78, 5) is 12.3. The smallest absolute Gasteiger partial charge is 0.251 e. The zero-order valence-electron chi connectivity index (χ0n) is 15.9. The van der Waals surface area contributed by atoms with Crippen LogP contribution in [-0.2, 0) is 10.0 Å². The van der Waals surface area contributed by atoms with E-state index >= 15 is 0 Å². The number of ether oxygens (including phenoxy) is 2. The summed E-state index contributed by atoms with van der Waals surface area (Å²) in [6.45, 7) is 2.10. The molecule has 146 valence electrons. The summed E-state index contributed by atoms with van der Waals surface area (Å²) < 4.78 is 36.1. The van der Waals surface area contributed by atoms with Gasteiger partial charge in [0.1, 0.15) is 0 Å². The Morgan fingerprint density at radius 2 is 1.74 bits per heavy atom. The van der Waals surface area contributed by atoms with Gasteiger partial charge in [-0.25, -0.2) is 8.42 Å². The van der Waals surface area contributed by atoms with Crippen molar-refractivity contribution in [3.8, 4) is 11.5 Å². The SMILES string of the molecule is COc1ccc(N(CCNC(=O)c2ccccc2C)S(C)(=O)=O)cc1OC. The average Bonchev–Trinajstić information content (AvgIpc) is 2.63. The lowest BCUT2D eigenvalue weighted by Gasteiger charge is -2.23. The van der Waals surface area contributed by atoms with Crippen LogP contribution in [0.2, 0.25) is 0 Å². The van der Waals surface area contributed by atoms with Crippen molar-refractivity contribution in [2.24, 2.45) is 0 Å². The molecule has 0 unspecified atom stereocenters. The maximum atomic E-state index is 12.3. The lowest BCUT2D eigenvalue weighted by molar-refractivity contribution is 0.0954. The second kappa shape index (κ2) is 8.77. The number of rotatable bonds is 8. The molecule has 0 aromatic heterocycles. The number of aryl methyl sites for hydroxylation is 1. The number of hydrogen-bond acceptors (Lipinski definition) is 5. The predicted octanol–water partition coefficient (Wildman–Crippen LogP) is 2.21. The molecule has 2 rings (SSSR count). The first kappa shape index (κ1) is 20.6. The van der Waals surface area contributed by atoms with Gasteiger partial charge in [-0.05, 0) is 30.7 Å². The van der Waals surface area contributed by atoms with E-state index < -0.39 is 10.0 Å². The molecule has 1 amide bonds. The second-order valence-corrected chi connectivity index (χ2v) is 7.85. The molecule has 0 radical (unpaired) electrons. The number of nitrogens with zero attached hydrogens (tertiary/aromatic N) is 1. The molecule has 0 spiro atoms. The topological polar surface area (TPSA) is 84.9 Å².